The van der Waals surface area contributed by atoms with E-state index >= 15 is 0 Å². The van der Waals surface area contributed by atoms with Crippen LogP contribution in [0.2, 0.25) is 0 Å². The van der Waals surface area contributed by atoms with Gasteiger partial charge in [0.1, 0.15) is 5.82 Å². The summed E-state index contributed by atoms with van der Waals surface area (Å²) in [7, 11) is 0. The maximum Gasteiger partial charge on any atom is 0.250 e. The van der Waals surface area contributed by atoms with Crippen molar-refractivity contribution in [1.29, 1.82) is 0 Å². The molecule has 5 nitrogen and oxygen atoms in total. The van der Waals surface area contributed by atoms with E-state index in [-0.39, 0.29) is 17.6 Å². The highest BCUT2D eigenvalue weighted by molar-refractivity contribution is 6.03. The number of nitrogens with zero attached hydrogens (tertiary/aromatic N) is 1. The molecule has 1 aliphatic rings. The molecule has 2 aromatic rings. The van der Waals surface area contributed by atoms with Crippen LogP contribution in [0.1, 0.15) is 28.8 Å². The number of likely N-dealkylation sites (tertiary alicyclic amines) is 1. The Morgan fingerprint density at radius 3 is 2.38 bits per heavy atom. The van der Waals surface area contributed by atoms with Crippen molar-refractivity contribution < 1.29 is 14.0 Å². The molecular formula is C20H22FN3O2. The molecule has 0 aliphatic carbocycles. The quantitative estimate of drug-likeness (QED) is 0.866. The summed E-state index contributed by atoms with van der Waals surface area (Å²) in [6.07, 6.45) is 1.48. The molecule has 1 heterocycles. The number of para-hydroxylation sites is 1. The van der Waals surface area contributed by atoms with Crippen molar-refractivity contribution in [2.45, 2.75) is 19.4 Å². The molecule has 1 fully saturated rings. The van der Waals surface area contributed by atoms with E-state index in [4.69, 9.17) is 5.73 Å². The zero-order chi connectivity index (χ0) is 18.5. The summed E-state index contributed by atoms with van der Waals surface area (Å²) in [6, 6.07) is 13.3. The van der Waals surface area contributed by atoms with Crippen molar-refractivity contribution >= 4 is 17.5 Å². The number of hydrogen-bond donors (Lipinski definition) is 2. The summed E-state index contributed by atoms with van der Waals surface area (Å²) in [4.78, 5) is 26.2. The topological polar surface area (TPSA) is 75.4 Å². The minimum atomic E-state index is -0.560. The molecule has 0 saturated carbocycles. The Morgan fingerprint density at radius 2 is 1.73 bits per heavy atom. The van der Waals surface area contributed by atoms with Gasteiger partial charge in [0.15, 0.2) is 0 Å². The SMILES string of the molecule is NC(=O)c1ccccc1NC(=O)C1CCN(Cc2ccc(F)cc2)CC1. The third-order valence-corrected chi connectivity index (χ3v) is 4.73. The first-order valence-electron chi connectivity index (χ1n) is 8.69. The van der Waals surface area contributed by atoms with E-state index in [0.717, 1.165) is 38.0 Å². The van der Waals surface area contributed by atoms with Crippen LogP contribution < -0.4 is 11.1 Å². The summed E-state index contributed by atoms with van der Waals surface area (Å²) in [5.74, 6) is -0.976. The molecule has 0 spiro atoms. The fourth-order valence-electron chi connectivity index (χ4n) is 3.24. The lowest BCUT2D eigenvalue weighted by Crippen LogP contribution is -2.38. The average Bonchev–Trinajstić information content (AvgIpc) is 2.64. The van der Waals surface area contributed by atoms with Crippen LogP contribution >= 0.6 is 0 Å². The number of hydrogen-bond acceptors (Lipinski definition) is 3. The molecule has 2 amide bonds. The van der Waals surface area contributed by atoms with E-state index in [2.05, 4.69) is 10.2 Å². The smallest absolute Gasteiger partial charge is 0.250 e. The van der Waals surface area contributed by atoms with Crippen LogP contribution in [0, 0.1) is 11.7 Å². The second kappa shape index (κ2) is 8.10. The Morgan fingerprint density at radius 1 is 1.08 bits per heavy atom. The van der Waals surface area contributed by atoms with Gasteiger partial charge in [-0.05, 0) is 55.8 Å². The van der Waals surface area contributed by atoms with Crippen LogP contribution in [-0.4, -0.2) is 29.8 Å². The van der Waals surface area contributed by atoms with Gasteiger partial charge in [-0.2, -0.15) is 0 Å². The first-order chi connectivity index (χ1) is 12.5. The van der Waals surface area contributed by atoms with Gasteiger partial charge in [0.05, 0.1) is 11.3 Å². The minimum absolute atomic E-state index is 0.0832. The lowest BCUT2D eigenvalue weighted by atomic mass is 9.95. The van der Waals surface area contributed by atoms with Gasteiger partial charge in [-0.15, -0.1) is 0 Å². The molecule has 136 valence electrons. The predicted octanol–water partition coefficient (Wildman–Crippen LogP) is 2.78. The number of halogens is 1. The van der Waals surface area contributed by atoms with Gasteiger partial charge in [-0.1, -0.05) is 24.3 Å². The van der Waals surface area contributed by atoms with E-state index < -0.39 is 5.91 Å². The van der Waals surface area contributed by atoms with Crippen LogP contribution in [0.3, 0.4) is 0 Å². The molecule has 3 N–H and O–H groups in total. The maximum absolute atomic E-state index is 13.0. The van der Waals surface area contributed by atoms with Crippen molar-refractivity contribution in [3.63, 3.8) is 0 Å². The summed E-state index contributed by atoms with van der Waals surface area (Å²) in [5.41, 5.74) is 7.18. The molecule has 3 rings (SSSR count). The molecule has 1 aliphatic heterocycles. The summed E-state index contributed by atoms with van der Waals surface area (Å²) in [6.45, 7) is 2.35. The first-order valence-corrected chi connectivity index (χ1v) is 8.69. The fourth-order valence-corrected chi connectivity index (χ4v) is 3.24. The number of primary amides is 1. The van der Waals surface area contributed by atoms with E-state index in [1.165, 1.54) is 12.1 Å². The Balaban J connectivity index is 1.54. The van der Waals surface area contributed by atoms with Gasteiger partial charge in [0.2, 0.25) is 5.91 Å². The molecule has 0 bridgehead atoms. The van der Waals surface area contributed by atoms with Gasteiger partial charge >= 0.3 is 0 Å². The fraction of sp³-hybridized carbons (Fsp3) is 0.300. The number of nitrogens with one attached hydrogen (secondary N) is 1. The highest BCUT2D eigenvalue weighted by atomic mass is 19.1. The number of benzene rings is 2. The van der Waals surface area contributed by atoms with Crippen molar-refractivity contribution in [3.8, 4) is 0 Å². The monoisotopic (exact) mass is 355 g/mol. The number of anilines is 1. The molecule has 0 radical (unpaired) electrons. The summed E-state index contributed by atoms with van der Waals surface area (Å²) in [5, 5.41) is 2.83. The van der Waals surface area contributed by atoms with Gasteiger partial charge in [0, 0.05) is 12.5 Å². The van der Waals surface area contributed by atoms with E-state index in [9.17, 15) is 14.0 Å². The van der Waals surface area contributed by atoms with Gasteiger partial charge < -0.3 is 11.1 Å². The lowest BCUT2D eigenvalue weighted by molar-refractivity contribution is -0.121. The van der Waals surface area contributed by atoms with Crippen LogP contribution in [0.5, 0.6) is 0 Å². The Labute approximate surface area is 152 Å². The molecular weight excluding hydrogens is 333 g/mol. The minimum Gasteiger partial charge on any atom is -0.366 e. The number of amides is 2. The van der Waals surface area contributed by atoms with Crippen LogP contribution in [0.4, 0.5) is 10.1 Å². The Hall–Kier alpha value is -2.73. The van der Waals surface area contributed by atoms with E-state index in [0.29, 0.717) is 11.3 Å². The average molecular weight is 355 g/mol. The molecule has 6 heteroatoms. The zero-order valence-electron chi connectivity index (χ0n) is 14.5. The van der Waals surface area contributed by atoms with E-state index in [1.54, 1.807) is 36.4 Å². The molecule has 0 unspecified atom stereocenters. The maximum atomic E-state index is 13.0. The molecule has 0 atom stereocenters. The summed E-state index contributed by atoms with van der Waals surface area (Å²) >= 11 is 0. The summed E-state index contributed by atoms with van der Waals surface area (Å²) < 4.78 is 13.0. The number of piperidine rings is 1. The number of carbonyl (C=O) groups is 2. The van der Waals surface area contributed by atoms with Gasteiger partial charge in [0.25, 0.3) is 5.91 Å². The van der Waals surface area contributed by atoms with Crippen molar-refractivity contribution in [3.05, 3.63) is 65.5 Å². The highest BCUT2D eigenvalue weighted by Crippen LogP contribution is 2.22. The normalized spacial score (nSPS) is 15.6. The zero-order valence-corrected chi connectivity index (χ0v) is 14.5. The molecule has 2 aromatic carbocycles. The van der Waals surface area contributed by atoms with Crippen molar-refractivity contribution in [2.24, 2.45) is 11.7 Å². The standard InChI is InChI=1S/C20H22FN3O2/c21-16-7-5-14(6-8-16)13-24-11-9-15(10-12-24)20(26)23-18-4-2-1-3-17(18)19(22)25/h1-8,15H,9-13H2,(H2,22,25)(H,23,26). The Bertz CT molecular complexity index is 784. The molecule has 1 saturated heterocycles. The third-order valence-electron chi connectivity index (χ3n) is 4.73. The second-order valence-corrected chi connectivity index (χ2v) is 6.58. The van der Waals surface area contributed by atoms with Crippen molar-refractivity contribution in [1.82, 2.24) is 4.90 Å². The Kier molecular flexibility index (Phi) is 5.63. The molecule has 0 aromatic heterocycles. The van der Waals surface area contributed by atoms with E-state index in [1.807, 2.05) is 0 Å². The van der Waals surface area contributed by atoms with Crippen molar-refractivity contribution in [2.75, 3.05) is 18.4 Å². The van der Waals surface area contributed by atoms with Crippen LogP contribution in [-0.2, 0) is 11.3 Å². The van der Waals surface area contributed by atoms with Crippen LogP contribution in [0.25, 0.3) is 0 Å². The second-order valence-electron chi connectivity index (χ2n) is 6.58. The number of carbonyl (C=O) groups excluding carboxylic acids is 2. The highest BCUT2D eigenvalue weighted by Gasteiger charge is 2.25. The van der Waals surface area contributed by atoms with Crippen LogP contribution in [0.15, 0.2) is 48.5 Å². The largest absolute Gasteiger partial charge is 0.366 e. The number of rotatable bonds is 5. The predicted molar refractivity (Wildman–Crippen MR) is 98.0 cm³/mol. The third kappa shape index (κ3) is 4.46. The first kappa shape index (κ1) is 18.1. The molecule has 26 heavy (non-hydrogen) atoms. The lowest BCUT2D eigenvalue weighted by Gasteiger charge is -2.31. The van der Waals surface area contributed by atoms with Gasteiger partial charge in [-0.3, -0.25) is 14.5 Å². The van der Waals surface area contributed by atoms with Gasteiger partial charge in [-0.25, -0.2) is 4.39 Å². The number of nitrogens with two attached hydrogens (primary N) is 1.